The third-order valence-electron chi connectivity index (χ3n) is 2.63. The Morgan fingerprint density at radius 1 is 1.38 bits per heavy atom. The van der Waals surface area contributed by atoms with Crippen LogP contribution in [0.1, 0.15) is 24.3 Å². The molecule has 82 valence electrons. The average molecular weight is 230 g/mol. The van der Waals surface area contributed by atoms with Gasteiger partial charge in [-0.25, -0.2) is 0 Å². The molecule has 1 heterocycles. The molecule has 1 aromatic carbocycles. The smallest absolute Gasteiger partial charge is 0.191 e. The van der Waals surface area contributed by atoms with Crippen LogP contribution in [0.15, 0.2) is 35.6 Å². The summed E-state index contributed by atoms with van der Waals surface area (Å²) in [5.74, 6) is 0. The van der Waals surface area contributed by atoms with E-state index in [2.05, 4.69) is 6.58 Å². The number of allylic oxidation sites excluding steroid dienone is 1. The van der Waals surface area contributed by atoms with Crippen molar-refractivity contribution in [3.8, 4) is 0 Å². The predicted octanol–water partition coefficient (Wildman–Crippen LogP) is 3.86. The zero-order valence-electron chi connectivity index (χ0n) is 9.54. The lowest BCUT2D eigenvalue weighted by atomic mass is 10.1. The van der Waals surface area contributed by atoms with E-state index in [-0.39, 0.29) is 5.43 Å². The van der Waals surface area contributed by atoms with Crippen LogP contribution in [-0.4, -0.2) is 0 Å². The van der Waals surface area contributed by atoms with E-state index < -0.39 is 0 Å². The van der Waals surface area contributed by atoms with Gasteiger partial charge in [-0.15, -0.1) is 11.3 Å². The largest absolute Gasteiger partial charge is 0.289 e. The summed E-state index contributed by atoms with van der Waals surface area (Å²) in [5, 5.41) is 0.828. The van der Waals surface area contributed by atoms with Gasteiger partial charge < -0.3 is 0 Å². The molecule has 0 aliphatic carbocycles. The summed E-state index contributed by atoms with van der Waals surface area (Å²) < 4.78 is 1.04. The Morgan fingerprint density at radius 2 is 2.06 bits per heavy atom. The summed E-state index contributed by atoms with van der Waals surface area (Å²) in [6, 6.07) is 7.77. The van der Waals surface area contributed by atoms with Gasteiger partial charge in [-0.3, -0.25) is 4.79 Å². The molecule has 0 atom stereocenters. The molecule has 1 nitrogen and oxygen atoms in total. The monoisotopic (exact) mass is 230 g/mol. The highest BCUT2D eigenvalue weighted by Gasteiger charge is 2.10. The summed E-state index contributed by atoms with van der Waals surface area (Å²) >= 11 is 1.66. The van der Waals surface area contributed by atoms with Crippen molar-refractivity contribution >= 4 is 27.0 Å². The molecule has 0 saturated heterocycles. The second-order valence-electron chi connectivity index (χ2n) is 3.87. The maximum atomic E-state index is 12.3. The van der Waals surface area contributed by atoms with Crippen molar-refractivity contribution in [2.24, 2.45) is 0 Å². The summed E-state index contributed by atoms with van der Waals surface area (Å²) in [6.07, 6.45) is 0.766. The molecule has 0 bridgehead atoms. The second-order valence-corrected chi connectivity index (χ2v) is 4.92. The Balaban J connectivity index is 2.93. The van der Waals surface area contributed by atoms with Crippen LogP contribution in [0.4, 0.5) is 0 Å². The number of fused-ring (bicyclic) bond motifs is 1. The normalized spacial score (nSPS) is 10.6. The van der Waals surface area contributed by atoms with E-state index in [9.17, 15) is 4.79 Å². The standard InChI is InChI=1S/C14H14OS/c1-4-10-13(15)11-7-5-6-8-12(11)16-14(10)9(2)3/h5-8H,2,4H2,1,3H3. The Hall–Kier alpha value is -1.41. The van der Waals surface area contributed by atoms with Gasteiger partial charge in [-0.2, -0.15) is 0 Å². The molecule has 2 heteroatoms. The molecule has 0 aliphatic rings. The Bertz CT molecular complexity index is 608. The Labute approximate surface area is 99.1 Å². The fourth-order valence-electron chi connectivity index (χ4n) is 1.85. The molecule has 2 rings (SSSR count). The Kier molecular flexibility index (Phi) is 2.92. The van der Waals surface area contributed by atoms with E-state index in [4.69, 9.17) is 0 Å². The van der Waals surface area contributed by atoms with Gasteiger partial charge in [0.25, 0.3) is 0 Å². The maximum Gasteiger partial charge on any atom is 0.191 e. The highest BCUT2D eigenvalue weighted by Crippen LogP contribution is 2.27. The van der Waals surface area contributed by atoms with E-state index in [1.165, 1.54) is 0 Å². The number of rotatable bonds is 2. The molecular formula is C14H14OS. The van der Waals surface area contributed by atoms with E-state index in [1.54, 1.807) is 11.3 Å². The van der Waals surface area contributed by atoms with Gasteiger partial charge in [-0.05, 0) is 31.1 Å². The van der Waals surface area contributed by atoms with E-state index >= 15 is 0 Å². The summed E-state index contributed by atoms with van der Waals surface area (Å²) in [5.41, 5.74) is 2.04. The first-order valence-electron chi connectivity index (χ1n) is 5.35. The van der Waals surface area contributed by atoms with E-state index in [0.29, 0.717) is 0 Å². The van der Waals surface area contributed by atoms with Crippen molar-refractivity contribution in [2.75, 3.05) is 0 Å². The average Bonchev–Trinajstić information content (AvgIpc) is 2.29. The number of benzene rings is 1. The molecule has 2 aromatic rings. The number of hydrogen-bond acceptors (Lipinski definition) is 2. The van der Waals surface area contributed by atoms with Crippen molar-refractivity contribution in [1.82, 2.24) is 0 Å². The fourth-order valence-corrected chi connectivity index (χ4v) is 3.02. The van der Waals surface area contributed by atoms with E-state index in [1.807, 2.05) is 38.1 Å². The summed E-state index contributed by atoms with van der Waals surface area (Å²) in [7, 11) is 0. The minimum Gasteiger partial charge on any atom is -0.289 e. The highest BCUT2D eigenvalue weighted by molar-refractivity contribution is 7.19. The van der Waals surface area contributed by atoms with Gasteiger partial charge >= 0.3 is 0 Å². The minimum absolute atomic E-state index is 0.162. The molecule has 0 unspecified atom stereocenters. The van der Waals surface area contributed by atoms with Gasteiger partial charge in [0.05, 0.1) is 0 Å². The molecule has 1 aromatic heterocycles. The van der Waals surface area contributed by atoms with Crippen molar-refractivity contribution in [1.29, 1.82) is 0 Å². The van der Waals surface area contributed by atoms with Crippen LogP contribution >= 0.6 is 11.3 Å². The molecule has 0 saturated carbocycles. The molecule has 0 fully saturated rings. The maximum absolute atomic E-state index is 12.3. The first kappa shape index (κ1) is 11.1. The fraction of sp³-hybridized carbons (Fsp3) is 0.214. The van der Waals surface area contributed by atoms with Crippen LogP contribution in [0, 0.1) is 0 Å². The predicted molar refractivity (Wildman–Crippen MR) is 72.2 cm³/mol. The first-order chi connectivity index (χ1) is 7.65. The molecule has 0 amide bonds. The van der Waals surface area contributed by atoms with Crippen molar-refractivity contribution in [2.45, 2.75) is 20.3 Å². The third kappa shape index (κ3) is 1.69. The summed E-state index contributed by atoms with van der Waals surface area (Å²) in [6.45, 7) is 7.93. The molecule has 0 spiro atoms. The van der Waals surface area contributed by atoms with Crippen LogP contribution in [-0.2, 0) is 6.42 Å². The van der Waals surface area contributed by atoms with Gasteiger partial charge in [0, 0.05) is 20.5 Å². The van der Waals surface area contributed by atoms with Gasteiger partial charge in [0.2, 0.25) is 0 Å². The number of hydrogen-bond donors (Lipinski definition) is 0. The molecule has 0 aliphatic heterocycles. The minimum atomic E-state index is 0.162. The van der Waals surface area contributed by atoms with Crippen LogP contribution in [0.5, 0.6) is 0 Å². The second kappa shape index (κ2) is 4.22. The van der Waals surface area contributed by atoms with Crippen LogP contribution < -0.4 is 5.43 Å². The topological polar surface area (TPSA) is 17.1 Å². The van der Waals surface area contributed by atoms with Crippen molar-refractivity contribution in [3.05, 3.63) is 51.5 Å². The van der Waals surface area contributed by atoms with Crippen LogP contribution in [0.2, 0.25) is 0 Å². The van der Waals surface area contributed by atoms with Crippen molar-refractivity contribution in [3.63, 3.8) is 0 Å². The van der Waals surface area contributed by atoms with Gasteiger partial charge in [-0.1, -0.05) is 25.6 Å². The highest BCUT2D eigenvalue weighted by atomic mass is 32.1. The lowest BCUT2D eigenvalue weighted by Gasteiger charge is -2.07. The molecule has 16 heavy (non-hydrogen) atoms. The molecule has 0 radical (unpaired) electrons. The summed E-state index contributed by atoms with van der Waals surface area (Å²) in [4.78, 5) is 13.3. The van der Waals surface area contributed by atoms with Gasteiger partial charge in [0.15, 0.2) is 5.43 Å². The van der Waals surface area contributed by atoms with Crippen LogP contribution in [0.3, 0.4) is 0 Å². The van der Waals surface area contributed by atoms with E-state index in [0.717, 1.165) is 32.5 Å². The zero-order valence-corrected chi connectivity index (χ0v) is 10.4. The first-order valence-corrected chi connectivity index (χ1v) is 6.17. The quantitative estimate of drug-likeness (QED) is 0.765. The van der Waals surface area contributed by atoms with Crippen molar-refractivity contribution < 1.29 is 0 Å². The third-order valence-corrected chi connectivity index (χ3v) is 4.01. The van der Waals surface area contributed by atoms with Crippen LogP contribution in [0.25, 0.3) is 15.7 Å². The lowest BCUT2D eigenvalue weighted by Crippen LogP contribution is -2.09. The molecule has 0 N–H and O–H groups in total. The Morgan fingerprint density at radius 3 is 2.69 bits per heavy atom. The SMILES string of the molecule is C=C(C)c1sc2ccccc2c(=O)c1CC. The zero-order chi connectivity index (χ0) is 11.7. The van der Waals surface area contributed by atoms with Gasteiger partial charge in [0.1, 0.15) is 0 Å². The molecular weight excluding hydrogens is 216 g/mol. The lowest BCUT2D eigenvalue weighted by molar-refractivity contribution is 1.13.